The summed E-state index contributed by atoms with van der Waals surface area (Å²) in [5, 5.41) is 22.1. The Morgan fingerprint density at radius 2 is 1.96 bits per heavy atom. The molecule has 23 heavy (non-hydrogen) atoms. The Hall–Kier alpha value is -3.47. The van der Waals surface area contributed by atoms with Gasteiger partial charge in [-0.05, 0) is 31.2 Å². The van der Waals surface area contributed by atoms with Crippen molar-refractivity contribution in [1.29, 1.82) is 5.26 Å². The zero-order valence-electron chi connectivity index (χ0n) is 12.1. The molecule has 0 bridgehead atoms. The van der Waals surface area contributed by atoms with Crippen LogP contribution in [0, 0.1) is 21.4 Å². The minimum absolute atomic E-state index is 0.275. The lowest BCUT2D eigenvalue weighted by atomic mass is 10.2. The summed E-state index contributed by atoms with van der Waals surface area (Å²) in [5.74, 6) is -0.502. The van der Waals surface area contributed by atoms with Gasteiger partial charge in [0.15, 0.2) is 0 Å². The Balaban J connectivity index is 2.22. The van der Waals surface area contributed by atoms with E-state index in [-0.39, 0.29) is 5.69 Å². The predicted molar refractivity (Wildman–Crippen MR) is 81.9 cm³/mol. The first-order valence-corrected chi connectivity index (χ1v) is 6.60. The maximum atomic E-state index is 12.2. The third-order valence-electron chi connectivity index (χ3n) is 3.21. The predicted octanol–water partition coefficient (Wildman–Crippen LogP) is 1.83. The highest BCUT2D eigenvalue weighted by molar-refractivity contribution is 5.93. The molecule has 1 atom stereocenters. The van der Waals surface area contributed by atoms with Gasteiger partial charge in [0.05, 0.1) is 22.8 Å². The quantitative estimate of drug-likeness (QED) is 0.682. The zero-order chi connectivity index (χ0) is 17.0. The van der Waals surface area contributed by atoms with Gasteiger partial charge >= 0.3 is 0 Å². The minimum Gasteiger partial charge on any atom is -0.324 e. The Labute approximate surface area is 130 Å². The maximum absolute atomic E-state index is 12.2. The van der Waals surface area contributed by atoms with Crippen LogP contribution in [0.15, 0.2) is 47.4 Å². The van der Waals surface area contributed by atoms with Crippen molar-refractivity contribution in [2.24, 2.45) is 0 Å². The monoisotopic (exact) mass is 312 g/mol. The number of carbonyl (C=O) groups is 1. The van der Waals surface area contributed by atoms with E-state index in [4.69, 9.17) is 5.26 Å². The average Bonchev–Trinajstić information content (AvgIpc) is 2.55. The Bertz CT molecular complexity index is 849. The summed E-state index contributed by atoms with van der Waals surface area (Å²) >= 11 is 0. The normalized spacial score (nSPS) is 11.3. The second-order valence-corrected chi connectivity index (χ2v) is 4.74. The number of hydrogen-bond acceptors (Lipinski definition) is 5. The molecule has 0 saturated carbocycles. The molecule has 116 valence electrons. The molecule has 0 aliphatic carbocycles. The van der Waals surface area contributed by atoms with E-state index in [2.05, 4.69) is 5.32 Å². The summed E-state index contributed by atoms with van der Waals surface area (Å²) in [6.07, 6.45) is 1.03. The molecule has 0 aliphatic heterocycles. The summed E-state index contributed by atoms with van der Waals surface area (Å²) in [6.45, 7) is 1.46. The number of nitro groups is 1. The fourth-order valence-electron chi connectivity index (χ4n) is 1.90. The van der Waals surface area contributed by atoms with E-state index in [0.717, 1.165) is 22.9 Å². The van der Waals surface area contributed by atoms with Gasteiger partial charge in [-0.15, -0.1) is 0 Å². The summed E-state index contributed by atoms with van der Waals surface area (Å²) in [6, 6.07) is 9.35. The van der Waals surface area contributed by atoms with E-state index in [1.54, 1.807) is 24.3 Å². The number of carbonyl (C=O) groups excluding carboxylic acids is 1. The van der Waals surface area contributed by atoms with Crippen LogP contribution in [0.4, 0.5) is 11.4 Å². The molecule has 0 saturated heterocycles. The first-order chi connectivity index (χ1) is 10.9. The first kappa shape index (κ1) is 15.9. The van der Waals surface area contributed by atoms with E-state index in [9.17, 15) is 19.7 Å². The molecule has 0 aliphatic rings. The Kier molecular flexibility index (Phi) is 4.52. The highest BCUT2D eigenvalue weighted by atomic mass is 16.6. The minimum atomic E-state index is -0.932. The Morgan fingerprint density at radius 3 is 2.52 bits per heavy atom. The summed E-state index contributed by atoms with van der Waals surface area (Å²) in [4.78, 5) is 34.1. The molecule has 0 spiro atoms. The van der Waals surface area contributed by atoms with E-state index in [1.807, 2.05) is 6.07 Å². The molecule has 2 rings (SSSR count). The van der Waals surface area contributed by atoms with Crippen molar-refractivity contribution in [1.82, 2.24) is 4.57 Å². The average molecular weight is 312 g/mol. The molecular formula is C15H12N4O4. The number of nitrogens with zero attached hydrogens (tertiary/aromatic N) is 3. The molecule has 1 aromatic carbocycles. The third kappa shape index (κ3) is 3.59. The van der Waals surface area contributed by atoms with Gasteiger partial charge in [0.2, 0.25) is 5.91 Å². The fraction of sp³-hybridized carbons (Fsp3) is 0.133. The molecule has 2 aromatic rings. The van der Waals surface area contributed by atoms with Gasteiger partial charge in [0, 0.05) is 17.8 Å². The number of rotatable bonds is 4. The second kappa shape index (κ2) is 6.53. The molecule has 0 radical (unpaired) electrons. The van der Waals surface area contributed by atoms with Crippen LogP contribution in [-0.4, -0.2) is 15.4 Å². The van der Waals surface area contributed by atoms with Gasteiger partial charge in [0.1, 0.15) is 6.04 Å². The number of nitriles is 1. The molecule has 1 aromatic heterocycles. The second-order valence-electron chi connectivity index (χ2n) is 4.74. The van der Waals surface area contributed by atoms with E-state index in [1.165, 1.54) is 6.92 Å². The number of aromatic nitrogens is 1. The van der Waals surface area contributed by atoms with Crippen molar-refractivity contribution in [3.63, 3.8) is 0 Å². The SMILES string of the molecule is C[C@H](C(=O)Nc1ccc(C#N)cc1)n1cc([N+](=O)[O-])ccc1=O. The lowest BCUT2D eigenvalue weighted by Crippen LogP contribution is -2.31. The van der Waals surface area contributed by atoms with Crippen LogP contribution >= 0.6 is 0 Å². The van der Waals surface area contributed by atoms with Crippen LogP contribution in [0.1, 0.15) is 18.5 Å². The highest BCUT2D eigenvalue weighted by Crippen LogP contribution is 2.14. The maximum Gasteiger partial charge on any atom is 0.285 e. The largest absolute Gasteiger partial charge is 0.324 e. The van der Waals surface area contributed by atoms with Crippen molar-refractivity contribution >= 4 is 17.3 Å². The molecular weight excluding hydrogens is 300 g/mol. The highest BCUT2D eigenvalue weighted by Gasteiger charge is 2.18. The molecule has 0 unspecified atom stereocenters. The lowest BCUT2D eigenvalue weighted by Gasteiger charge is -2.14. The number of benzene rings is 1. The fourth-order valence-corrected chi connectivity index (χ4v) is 1.90. The lowest BCUT2D eigenvalue weighted by molar-refractivity contribution is -0.385. The molecule has 1 N–H and O–H groups in total. The number of pyridine rings is 1. The van der Waals surface area contributed by atoms with Crippen LogP contribution in [0.25, 0.3) is 0 Å². The van der Waals surface area contributed by atoms with Crippen LogP contribution in [0.2, 0.25) is 0 Å². The van der Waals surface area contributed by atoms with E-state index >= 15 is 0 Å². The van der Waals surface area contributed by atoms with Crippen LogP contribution in [0.3, 0.4) is 0 Å². The van der Waals surface area contributed by atoms with E-state index in [0.29, 0.717) is 11.3 Å². The number of nitrogens with one attached hydrogen (secondary N) is 1. The van der Waals surface area contributed by atoms with Gasteiger partial charge in [0.25, 0.3) is 11.2 Å². The number of amides is 1. The number of hydrogen-bond donors (Lipinski definition) is 1. The molecule has 0 fully saturated rings. The van der Waals surface area contributed by atoms with Crippen LogP contribution in [-0.2, 0) is 4.79 Å². The first-order valence-electron chi connectivity index (χ1n) is 6.60. The van der Waals surface area contributed by atoms with Gasteiger partial charge in [-0.3, -0.25) is 24.3 Å². The van der Waals surface area contributed by atoms with Gasteiger partial charge in [-0.2, -0.15) is 5.26 Å². The third-order valence-corrected chi connectivity index (χ3v) is 3.21. The van der Waals surface area contributed by atoms with Gasteiger partial charge in [-0.1, -0.05) is 0 Å². The summed E-state index contributed by atoms with van der Waals surface area (Å²) in [5.41, 5.74) is 0.117. The number of anilines is 1. The molecule has 8 nitrogen and oxygen atoms in total. The summed E-state index contributed by atoms with van der Waals surface area (Å²) in [7, 11) is 0. The molecule has 1 heterocycles. The van der Waals surface area contributed by atoms with Crippen molar-refractivity contribution in [3.8, 4) is 6.07 Å². The molecule has 8 heteroatoms. The van der Waals surface area contributed by atoms with Gasteiger partial charge in [-0.25, -0.2) is 0 Å². The zero-order valence-corrected chi connectivity index (χ0v) is 12.1. The summed E-state index contributed by atoms with van der Waals surface area (Å²) < 4.78 is 0.997. The van der Waals surface area contributed by atoms with Crippen molar-refractivity contribution in [2.45, 2.75) is 13.0 Å². The topological polar surface area (TPSA) is 118 Å². The van der Waals surface area contributed by atoms with Crippen molar-refractivity contribution < 1.29 is 9.72 Å². The Morgan fingerprint density at radius 1 is 1.30 bits per heavy atom. The molecule has 1 amide bonds. The van der Waals surface area contributed by atoms with Crippen LogP contribution < -0.4 is 10.9 Å². The van der Waals surface area contributed by atoms with Crippen LogP contribution in [0.5, 0.6) is 0 Å². The van der Waals surface area contributed by atoms with Crippen molar-refractivity contribution in [2.75, 3.05) is 5.32 Å². The van der Waals surface area contributed by atoms with E-state index < -0.39 is 22.4 Å². The smallest absolute Gasteiger partial charge is 0.285 e. The standard InChI is InChI=1S/C15H12N4O4/c1-10(18-9-13(19(22)23)6-7-14(18)20)15(21)17-12-4-2-11(8-16)3-5-12/h2-7,9-10H,1H3,(H,17,21)/t10-/m1/s1. The van der Waals surface area contributed by atoms with Gasteiger partial charge < -0.3 is 5.32 Å². The van der Waals surface area contributed by atoms with Crippen molar-refractivity contribution in [3.05, 3.63) is 68.6 Å².